The molecule has 0 amide bonds. The van der Waals surface area contributed by atoms with Crippen LogP contribution in [0.15, 0.2) is 47.3 Å². The van der Waals surface area contributed by atoms with Crippen molar-refractivity contribution in [1.29, 1.82) is 0 Å². The average molecular weight is 365 g/mol. The molecular formula is C18H18F3N3O2. The van der Waals surface area contributed by atoms with Crippen LogP contribution >= 0.6 is 0 Å². The normalized spacial score (nSPS) is 13.0. The second kappa shape index (κ2) is 6.44. The van der Waals surface area contributed by atoms with Gasteiger partial charge < -0.3 is 10.1 Å². The maximum absolute atomic E-state index is 12.2. The zero-order valence-corrected chi connectivity index (χ0v) is 14.5. The Morgan fingerprint density at radius 3 is 2.23 bits per heavy atom. The number of aryl methyl sites for hydroxylation is 2. The van der Waals surface area contributed by atoms with Crippen molar-refractivity contribution in [3.05, 3.63) is 58.5 Å². The zero-order chi connectivity index (χ0) is 19.1. The number of rotatable bonds is 4. The monoisotopic (exact) mass is 365 g/mol. The quantitative estimate of drug-likeness (QED) is 0.762. The van der Waals surface area contributed by atoms with Gasteiger partial charge in [0.1, 0.15) is 5.75 Å². The minimum Gasteiger partial charge on any atom is -0.406 e. The number of aromatic nitrogens is 2. The van der Waals surface area contributed by atoms with E-state index >= 15 is 0 Å². The SMILES string of the molecule is C[C@@H](Nc1ccc2c(c1)n(C)c(=O)n2C)c1ccc(OC(F)(F)F)cc1. The summed E-state index contributed by atoms with van der Waals surface area (Å²) in [4.78, 5) is 12.0. The van der Waals surface area contributed by atoms with E-state index in [9.17, 15) is 18.0 Å². The van der Waals surface area contributed by atoms with Crippen LogP contribution in [0.2, 0.25) is 0 Å². The molecular weight excluding hydrogens is 347 g/mol. The number of hydrogen-bond acceptors (Lipinski definition) is 3. The van der Waals surface area contributed by atoms with Gasteiger partial charge in [0, 0.05) is 25.8 Å². The maximum Gasteiger partial charge on any atom is 0.573 e. The van der Waals surface area contributed by atoms with Crippen molar-refractivity contribution >= 4 is 16.7 Å². The van der Waals surface area contributed by atoms with E-state index in [0.29, 0.717) is 0 Å². The molecule has 0 unspecified atom stereocenters. The van der Waals surface area contributed by atoms with Gasteiger partial charge in [0.25, 0.3) is 0 Å². The van der Waals surface area contributed by atoms with E-state index in [4.69, 9.17) is 0 Å². The molecule has 0 saturated heterocycles. The lowest BCUT2D eigenvalue weighted by Gasteiger charge is -2.17. The molecule has 3 rings (SSSR count). The summed E-state index contributed by atoms with van der Waals surface area (Å²) in [5.74, 6) is -0.255. The van der Waals surface area contributed by atoms with Crippen molar-refractivity contribution < 1.29 is 17.9 Å². The summed E-state index contributed by atoms with van der Waals surface area (Å²) < 4.78 is 43.7. The Morgan fingerprint density at radius 2 is 1.62 bits per heavy atom. The standard InChI is InChI=1S/C18H18F3N3O2/c1-11(12-4-7-14(8-5-12)26-18(19,20)21)22-13-6-9-15-16(10-13)24(3)17(25)23(15)2/h4-11,22H,1-3H3/t11-/m1/s1. The molecule has 138 valence electrons. The highest BCUT2D eigenvalue weighted by atomic mass is 19.4. The molecule has 3 aromatic rings. The number of anilines is 1. The third-order valence-electron chi connectivity index (χ3n) is 4.27. The number of alkyl halides is 3. The Balaban J connectivity index is 1.79. The van der Waals surface area contributed by atoms with E-state index in [1.54, 1.807) is 35.4 Å². The first-order valence-corrected chi connectivity index (χ1v) is 7.93. The molecule has 1 heterocycles. The summed E-state index contributed by atoms with van der Waals surface area (Å²) in [5.41, 5.74) is 3.13. The molecule has 0 bridgehead atoms. The topological polar surface area (TPSA) is 48.2 Å². The number of benzene rings is 2. The van der Waals surface area contributed by atoms with Crippen LogP contribution in [0, 0.1) is 0 Å². The summed E-state index contributed by atoms with van der Waals surface area (Å²) in [7, 11) is 3.42. The van der Waals surface area contributed by atoms with Gasteiger partial charge in [0.2, 0.25) is 0 Å². The highest BCUT2D eigenvalue weighted by Crippen LogP contribution is 2.26. The lowest BCUT2D eigenvalue weighted by atomic mass is 10.1. The van der Waals surface area contributed by atoms with Gasteiger partial charge in [-0.25, -0.2) is 4.79 Å². The van der Waals surface area contributed by atoms with Crippen molar-refractivity contribution in [2.24, 2.45) is 14.1 Å². The molecule has 0 saturated carbocycles. The highest BCUT2D eigenvalue weighted by molar-refractivity contribution is 5.80. The maximum atomic E-state index is 12.2. The van der Waals surface area contributed by atoms with Gasteiger partial charge in [-0.15, -0.1) is 13.2 Å². The van der Waals surface area contributed by atoms with Crippen LogP contribution in [0.25, 0.3) is 11.0 Å². The summed E-state index contributed by atoms with van der Waals surface area (Å²) in [6.07, 6.45) is -4.70. The largest absolute Gasteiger partial charge is 0.573 e. The lowest BCUT2D eigenvalue weighted by molar-refractivity contribution is -0.274. The minimum absolute atomic E-state index is 0.106. The van der Waals surface area contributed by atoms with Crippen molar-refractivity contribution in [1.82, 2.24) is 9.13 Å². The second-order valence-corrected chi connectivity index (χ2v) is 6.09. The molecule has 0 aliphatic rings. The van der Waals surface area contributed by atoms with Gasteiger partial charge in [-0.2, -0.15) is 0 Å². The summed E-state index contributed by atoms with van der Waals surface area (Å²) >= 11 is 0. The van der Waals surface area contributed by atoms with Gasteiger partial charge >= 0.3 is 12.1 Å². The number of imidazole rings is 1. The fourth-order valence-corrected chi connectivity index (χ4v) is 2.89. The predicted molar refractivity (Wildman–Crippen MR) is 93.3 cm³/mol. The number of fused-ring (bicyclic) bond motifs is 1. The molecule has 2 aromatic carbocycles. The van der Waals surface area contributed by atoms with Gasteiger partial charge in [0.05, 0.1) is 11.0 Å². The molecule has 0 radical (unpaired) electrons. The Bertz CT molecular complexity index is 988. The average Bonchev–Trinajstić information content (AvgIpc) is 2.78. The van der Waals surface area contributed by atoms with Crippen LogP contribution in [-0.4, -0.2) is 15.5 Å². The highest BCUT2D eigenvalue weighted by Gasteiger charge is 2.31. The van der Waals surface area contributed by atoms with Gasteiger partial charge in [0.15, 0.2) is 0 Å². The van der Waals surface area contributed by atoms with Crippen molar-refractivity contribution in [2.75, 3.05) is 5.32 Å². The molecule has 8 heteroatoms. The summed E-state index contributed by atoms with van der Waals surface area (Å²) in [6, 6.07) is 11.2. The van der Waals surface area contributed by atoms with Crippen LogP contribution < -0.4 is 15.7 Å². The van der Waals surface area contributed by atoms with Gasteiger partial charge in [-0.3, -0.25) is 9.13 Å². The fourth-order valence-electron chi connectivity index (χ4n) is 2.89. The summed E-state index contributed by atoms with van der Waals surface area (Å²) in [5, 5.41) is 3.29. The number of ether oxygens (including phenoxy) is 1. The first-order valence-electron chi connectivity index (χ1n) is 7.93. The molecule has 26 heavy (non-hydrogen) atoms. The number of halogens is 3. The molecule has 0 aliphatic carbocycles. The molecule has 1 atom stereocenters. The molecule has 5 nitrogen and oxygen atoms in total. The number of nitrogens with zero attached hydrogens (tertiary/aromatic N) is 2. The van der Waals surface area contributed by atoms with Crippen molar-refractivity contribution in [3.63, 3.8) is 0 Å². The molecule has 0 spiro atoms. The summed E-state index contributed by atoms with van der Waals surface area (Å²) in [6.45, 7) is 1.90. The third-order valence-corrected chi connectivity index (χ3v) is 4.27. The smallest absolute Gasteiger partial charge is 0.406 e. The van der Waals surface area contributed by atoms with Crippen LogP contribution in [0.4, 0.5) is 18.9 Å². The first-order chi connectivity index (χ1) is 12.2. The van der Waals surface area contributed by atoms with E-state index < -0.39 is 6.36 Å². The van der Waals surface area contributed by atoms with Crippen LogP contribution in [-0.2, 0) is 14.1 Å². The fraction of sp³-hybridized carbons (Fsp3) is 0.278. The molecule has 0 aliphatic heterocycles. The van der Waals surface area contributed by atoms with E-state index in [0.717, 1.165) is 22.3 Å². The Kier molecular flexibility index (Phi) is 4.43. The van der Waals surface area contributed by atoms with Gasteiger partial charge in [-0.1, -0.05) is 12.1 Å². The van der Waals surface area contributed by atoms with E-state index in [1.165, 1.54) is 12.1 Å². The van der Waals surface area contributed by atoms with Crippen LogP contribution in [0.1, 0.15) is 18.5 Å². The minimum atomic E-state index is -4.70. The Hall–Kier alpha value is -2.90. The third kappa shape index (κ3) is 3.54. The van der Waals surface area contributed by atoms with E-state index in [2.05, 4.69) is 10.1 Å². The Morgan fingerprint density at radius 1 is 1.00 bits per heavy atom. The number of hydrogen-bond donors (Lipinski definition) is 1. The van der Waals surface area contributed by atoms with Crippen molar-refractivity contribution in [2.45, 2.75) is 19.3 Å². The van der Waals surface area contributed by atoms with E-state index in [-0.39, 0.29) is 17.5 Å². The van der Waals surface area contributed by atoms with Gasteiger partial charge in [-0.05, 0) is 42.8 Å². The molecule has 0 fully saturated rings. The lowest BCUT2D eigenvalue weighted by Crippen LogP contribution is -2.19. The second-order valence-electron chi connectivity index (χ2n) is 6.09. The number of nitrogens with one attached hydrogen (secondary N) is 1. The van der Waals surface area contributed by atoms with Crippen molar-refractivity contribution in [3.8, 4) is 5.75 Å². The molecule has 1 aromatic heterocycles. The molecule has 1 N–H and O–H groups in total. The Labute approximate surface area is 147 Å². The predicted octanol–water partition coefficient (Wildman–Crippen LogP) is 3.95. The van der Waals surface area contributed by atoms with Crippen LogP contribution in [0.3, 0.4) is 0 Å². The van der Waals surface area contributed by atoms with E-state index in [1.807, 2.05) is 25.1 Å². The van der Waals surface area contributed by atoms with Crippen LogP contribution in [0.5, 0.6) is 5.75 Å². The first kappa shape index (κ1) is 17.9. The zero-order valence-electron chi connectivity index (χ0n) is 14.5.